The molecule has 1 aromatic carbocycles. The Hall–Kier alpha value is -1.79. The van der Waals surface area contributed by atoms with Gasteiger partial charge in [0.25, 0.3) is 0 Å². The highest BCUT2D eigenvalue weighted by atomic mass is 32.1. The van der Waals surface area contributed by atoms with Crippen molar-refractivity contribution in [3.05, 3.63) is 46.7 Å². The lowest BCUT2D eigenvalue weighted by Crippen LogP contribution is -2.35. The first-order valence-electron chi connectivity index (χ1n) is 9.89. The van der Waals surface area contributed by atoms with Gasteiger partial charge in [-0.05, 0) is 56.8 Å². The molecule has 2 atom stereocenters. The molecule has 1 N–H and O–H groups in total. The number of anilines is 1. The first-order valence-corrected chi connectivity index (χ1v) is 10.8. The van der Waals surface area contributed by atoms with Crippen LogP contribution in [0.1, 0.15) is 49.8 Å². The Morgan fingerprint density at radius 1 is 1.33 bits per heavy atom. The summed E-state index contributed by atoms with van der Waals surface area (Å²) in [5.41, 5.74) is 1.83. The Bertz CT molecular complexity index is 781. The van der Waals surface area contributed by atoms with Crippen LogP contribution in [0, 0.1) is 5.82 Å². The minimum absolute atomic E-state index is 0.100. The Morgan fingerprint density at radius 3 is 2.74 bits per heavy atom. The Balaban J connectivity index is 1.56. The maximum atomic E-state index is 13.4. The molecule has 1 saturated carbocycles. The van der Waals surface area contributed by atoms with E-state index in [9.17, 15) is 9.18 Å². The van der Waals surface area contributed by atoms with E-state index in [1.807, 2.05) is 0 Å². The fraction of sp³-hybridized carbons (Fsp3) is 0.524. The van der Waals surface area contributed by atoms with Crippen molar-refractivity contribution in [1.82, 2.24) is 10.3 Å². The summed E-state index contributed by atoms with van der Waals surface area (Å²) in [5.74, 6) is -0.363. The average Bonchev–Trinajstić information content (AvgIpc) is 3.17. The number of nitrogens with zero attached hydrogens (tertiary/aromatic N) is 2. The quantitative estimate of drug-likeness (QED) is 0.746. The lowest BCUT2D eigenvalue weighted by atomic mass is 9.86. The second-order valence-electron chi connectivity index (χ2n) is 7.50. The highest BCUT2D eigenvalue weighted by Crippen LogP contribution is 2.34. The minimum atomic E-state index is -0.285. The van der Waals surface area contributed by atoms with Crippen molar-refractivity contribution in [2.75, 3.05) is 18.0 Å². The van der Waals surface area contributed by atoms with Gasteiger partial charge in [0.15, 0.2) is 10.9 Å². The molecule has 1 unspecified atom stereocenters. The molecule has 2 heterocycles. The summed E-state index contributed by atoms with van der Waals surface area (Å²) in [6.07, 6.45) is 4.96. The van der Waals surface area contributed by atoms with E-state index in [4.69, 9.17) is 4.98 Å². The van der Waals surface area contributed by atoms with Crippen molar-refractivity contribution < 1.29 is 9.18 Å². The van der Waals surface area contributed by atoms with Gasteiger partial charge in [-0.3, -0.25) is 4.79 Å². The number of hydrogen-bond donors (Lipinski definition) is 1. The lowest BCUT2D eigenvalue weighted by Gasteiger charge is -2.20. The van der Waals surface area contributed by atoms with Gasteiger partial charge in [-0.15, -0.1) is 11.3 Å². The number of nitrogens with one attached hydrogen (secondary N) is 1. The molecule has 0 bridgehead atoms. The highest BCUT2D eigenvalue weighted by Gasteiger charge is 2.32. The summed E-state index contributed by atoms with van der Waals surface area (Å²) in [4.78, 5) is 20.4. The van der Waals surface area contributed by atoms with Gasteiger partial charge in [-0.1, -0.05) is 12.1 Å². The standard InChI is InChI=1S/C21H26FN3OS/c1-2-25(17-9-10-17)21-24-16(13-27-21)12-18(14-5-7-15(22)8-6-14)20(26)19-4-3-11-23-19/h5-8,13,17-19,23H,2-4,9-12H2,1H3/t18?,19-/m0/s1. The minimum Gasteiger partial charge on any atom is -0.345 e. The van der Waals surface area contributed by atoms with Gasteiger partial charge < -0.3 is 10.2 Å². The summed E-state index contributed by atoms with van der Waals surface area (Å²) in [5, 5.41) is 6.44. The molecule has 6 heteroatoms. The van der Waals surface area contributed by atoms with Gasteiger partial charge in [-0.25, -0.2) is 9.37 Å². The first-order chi connectivity index (χ1) is 13.2. The van der Waals surface area contributed by atoms with Gasteiger partial charge in [0.05, 0.1) is 11.7 Å². The van der Waals surface area contributed by atoms with Gasteiger partial charge in [-0.2, -0.15) is 0 Å². The molecule has 2 fully saturated rings. The summed E-state index contributed by atoms with van der Waals surface area (Å²) in [6, 6.07) is 6.89. The third kappa shape index (κ3) is 4.22. The number of halogens is 1. The number of carbonyl (C=O) groups is 1. The van der Waals surface area contributed by atoms with Crippen LogP contribution in [0.5, 0.6) is 0 Å². The predicted molar refractivity (Wildman–Crippen MR) is 107 cm³/mol. The van der Waals surface area contributed by atoms with Crippen LogP contribution < -0.4 is 10.2 Å². The molecule has 144 valence electrons. The molecule has 1 saturated heterocycles. The van der Waals surface area contributed by atoms with Gasteiger partial charge in [0.1, 0.15) is 5.82 Å². The number of rotatable bonds is 8. The Labute approximate surface area is 163 Å². The number of aromatic nitrogens is 1. The molecule has 1 aliphatic carbocycles. The monoisotopic (exact) mass is 387 g/mol. The van der Waals surface area contributed by atoms with Crippen LogP contribution in [0.25, 0.3) is 0 Å². The number of carbonyl (C=O) groups excluding carboxylic acids is 1. The lowest BCUT2D eigenvalue weighted by molar-refractivity contribution is -0.122. The average molecular weight is 388 g/mol. The van der Waals surface area contributed by atoms with Gasteiger partial charge >= 0.3 is 0 Å². The van der Waals surface area contributed by atoms with Crippen LogP contribution in [0.4, 0.5) is 9.52 Å². The van der Waals surface area contributed by atoms with Crippen molar-refractivity contribution in [1.29, 1.82) is 0 Å². The number of benzene rings is 1. The second kappa shape index (κ2) is 8.07. The summed E-state index contributed by atoms with van der Waals surface area (Å²) in [7, 11) is 0. The zero-order chi connectivity index (χ0) is 18.8. The zero-order valence-electron chi connectivity index (χ0n) is 15.7. The van der Waals surface area contributed by atoms with E-state index in [0.29, 0.717) is 12.5 Å². The molecule has 4 rings (SSSR count). The number of thiazole rings is 1. The fourth-order valence-corrected chi connectivity index (χ4v) is 4.89. The predicted octanol–water partition coefficient (Wildman–Crippen LogP) is 3.92. The normalized spacial score (nSPS) is 20.6. The number of ketones is 1. The van der Waals surface area contributed by atoms with E-state index in [2.05, 4.69) is 22.5 Å². The van der Waals surface area contributed by atoms with Crippen LogP contribution in [0.2, 0.25) is 0 Å². The van der Waals surface area contributed by atoms with Crippen molar-refractivity contribution in [3.63, 3.8) is 0 Å². The molecule has 0 spiro atoms. The van der Waals surface area contributed by atoms with Crippen LogP contribution >= 0.6 is 11.3 Å². The zero-order valence-corrected chi connectivity index (χ0v) is 16.5. The van der Waals surface area contributed by atoms with Crippen molar-refractivity contribution in [3.8, 4) is 0 Å². The molecule has 0 amide bonds. The maximum absolute atomic E-state index is 13.4. The van der Waals surface area contributed by atoms with E-state index in [1.165, 1.54) is 25.0 Å². The molecule has 0 radical (unpaired) electrons. The highest BCUT2D eigenvalue weighted by molar-refractivity contribution is 7.13. The maximum Gasteiger partial charge on any atom is 0.185 e. The van der Waals surface area contributed by atoms with Gasteiger partial charge in [0.2, 0.25) is 0 Å². The van der Waals surface area contributed by atoms with Gasteiger partial charge in [0, 0.05) is 30.3 Å². The molecule has 1 aromatic heterocycles. The molecule has 27 heavy (non-hydrogen) atoms. The Morgan fingerprint density at radius 2 is 2.11 bits per heavy atom. The third-order valence-corrected chi connectivity index (χ3v) is 6.47. The van der Waals surface area contributed by atoms with E-state index in [1.54, 1.807) is 23.5 Å². The first kappa shape index (κ1) is 18.6. The second-order valence-corrected chi connectivity index (χ2v) is 8.33. The van der Waals surface area contributed by atoms with Crippen LogP contribution in [-0.2, 0) is 11.2 Å². The van der Waals surface area contributed by atoms with E-state index >= 15 is 0 Å². The topological polar surface area (TPSA) is 45.2 Å². The fourth-order valence-electron chi connectivity index (χ4n) is 3.91. The Kier molecular flexibility index (Phi) is 5.55. The van der Waals surface area contributed by atoms with Crippen molar-refractivity contribution >= 4 is 22.3 Å². The SMILES string of the molecule is CCN(c1nc(CC(C(=O)[C@@H]2CCCN2)c2ccc(F)cc2)cs1)C1CC1. The van der Waals surface area contributed by atoms with Crippen molar-refractivity contribution in [2.24, 2.45) is 0 Å². The van der Waals surface area contributed by atoms with Crippen LogP contribution in [0.3, 0.4) is 0 Å². The molecular formula is C21H26FN3OS. The summed E-state index contributed by atoms with van der Waals surface area (Å²) in [6.45, 7) is 4.01. The van der Waals surface area contributed by atoms with Crippen LogP contribution in [0.15, 0.2) is 29.6 Å². The summed E-state index contributed by atoms with van der Waals surface area (Å²) >= 11 is 1.66. The molecule has 2 aliphatic rings. The molecule has 1 aliphatic heterocycles. The van der Waals surface area contributed by atoms with E-state index in [-0.39, 0.29) is 23.6 Å². The van der Waals surface area contributed by atoms with Crippen LogP contribution in [-0.4, -0.2) is 35.9 Å². The molecule has 2 aromatic rings. The third-order valence-electron chi connectivity index (χ3n) is 5.55. The largest absolute Gasteiger partial charge is 0.345 e. The molecule has 4 nitrogen and oxygen atoms in total. The van der Waals surface area contributed by atoms with E-state index in [0.717, 1.165) is 42.3 Å². The number of Topliss-reactive ketones (excluding diaryl/α,β-unsaturated/α-hetero) is 1. The molecular weight excluding hydrogens is 361 g/mol. The van der Waals surface area contributed by atoms with Crippen molar-refractivity contribution in [2.45, 2.75) is 57.0 Å². The van der Waals surface area contributed by atoms with E-state index < -0.39 is 0 Å². The number of hydrogen-bond acceptors (Lipinski definition) is 5. The smallest absolute Gasteiger partial charge is 0.185 e. The summed E-state index contributed by atoms with van der Waals surface area (Å²) < 4.78 is 13.4.